The summed E-state index contributed by atoms with van der Waals surface area (Å²) < 4.78 is 43.9. The minimum atomic E-state index is -0.594. The first-order valence-corrected chi connectivity index (χ1v) is 20.1. The van der Waals surface area contributed by atoms with E-state index in [-0.39, 0.29) is 41.3 Å². The lowest BCUT2D eigenvalue weighted by atomic mass is 10.1. The summed E-state index contributed by atoms with van der Waals surface area (Å²) in [6, 6.07) is 19.8. The molecule has 16 nitrogen and oxygen atoms in total. The van der Waals surface area contributed by atoms with Crippen LogP contribution in [0.2, 0.25) is 0 Å². The van der Waals surface area contributed by atoms with E-state index < -0.39 is 17.5 Å². The maximum Gasteiger partial charge on any atom is 0.338 e. The number of fused-ring (bicyclic) bond motifs is 2. The first-order chi connectivity index (χ1) is 29.7. The van der Waals surface area contributed by atoms with Crippen molar-refractivity contribution < 1.29 is 32.6 Å². The fourth-order valence-electron chi connectivity index (χ4n) is 8.33. The number of benzene rings is 4. The molecule has 0 saturated heterocycles. The van der Waals surface area contributed by atoms with E-state index in [1.54, 1.807) is 47.5 Å². The van der Waals surface area contributed by atoms with Crippen LogP contribution in [0.1, 0.15) is 71.7 Å². The first-order valence-electron chi connectivity index (χ1n) is 20.1. The molecule has 2 fully saturated rings. The third-order valence-corrected chi connectivity index (χ3v) is 11.5. The normalized spacial score (nSPS) is 16.7. The number of hydrogen-bond donors (Lipinski definition) is 5. The summed E-state index contributed by atoms with van der Waals surface area (Å²) in [5.41, 5.74) is 4.45. The Morgan fingerprint density at radius 3 is 2.16 bits per heavy atom. The van der Waals surface area contributed by atoms with Crippen molar-refractivity contribution in [2.45, 2.75) is 63.2 Å². The molecule has 0 aliphatic heterocycles. The van der Waals surface area contributed by atoms with Gasteiger partial charge in [0.1, 0.15) is 12.1 Å². The van der Waals surface area contributed by atoms with Gasteiger partial charge in [0.2, 0.25) is 5.82 Å². The van der Waals surface area contributed by atoms with Gasteiger partial charge in [-0.2, -0.15) is 5.21 Å². The summed E-state index contributed by atoms with van der Waals surface area (Å²) >= 11 is 0. The number of H-pyrrole nitrogens is 3. The molecule has 2 aliphatic rings. The van der Waals surface area contributed by atoms with Crippen LogP contribution >= 0.6 is 0 Å². The van der Waals surface area contributed by atoms with Gasteiger partial charge in [0.25, 0.3) is 11.8 Å². The number of rotatable bonds is 11. The van der Waals surface area contributed by atoms with Crippen molar-refractivity contribution in [2.24, 2.45) is 7.05 Å². The second-order valence-corrected chi connectivity index (χ2v) is 15.5. The summed E-state index contributed by atoms with van der Waals surface area (Å²) in [5.74, 6) is -0.678. The summed E-state index contributed by atoms with van der Waals surface area (Å²) in [6.45, 7) is 0. The molecule has 8 aromatic rings. The Labute approximate surface area is 345 Å². The number of nitrogens with one attached hydrogen (secondary N) is 5. The van der Waals surface area contributed by atoms with Crippen molar-refractivity contribution in [1.82, 2.24) is 45.6 Å². The number of halogens is 2. The zero-order valence-corrected chi connectivity index (χ0v) is 32.8. The van der Waals surface area contributed by atoms with E-state index in [2.05, 4.69) is 46.6 Å². The molecule has 2 unspecified atom stereocenters. The molecular weight excluding hydrogens is 787 g/mol. The summed E-state index contributed by atoms with van der Waals surface area (Å²) in [6.07, 6.45) is 9.07. The highest BCUT2D eigenvalue weighted by Gasteiger charge is 2.34. The van der Waals surface area contributed by atoms with E-state index in [1.807, 2.05) is 35.9 Å². The molecule has 2 aliphatic carbocycles. The zero-order chi connectivity index (χ0) is 41.6. The Hall–Kier alpha value is -7.50. The van der Waals surface area contributed by atoms with Crippen LogP contribution < -0.4 is 24.9 Å². The Bertz CT molecular complexity index is 2940. The van der Waals surface area contributed by atoms with Crippen LogP contribution in [0.15, 0.2) is 85.2 Å². The summed E-state index contributed by atoms with van der Waals surface area (Å²) in [7, 11) is 1.85. The molecule has 4 aromatic carbocycles. The van der Waals surface area contributed by atoms with Crippen molar-refractivity contribution in [1.29, 1.82) is 0 Å². The number of nitrogens with zero attached hydrogens (tertiary/aromatic N) is 7. The van der Waals surface area contributed by atoms with Gasteiger partial charge in [0.15, 0.2) is 23.1 Å². The SMILES string of the molecule is Cn1cc(C(=O)Nc2ccc(OC3CCCC3)c(F)c2)c2ccc(-c3n[nH][n+](C4CCC(Oc5ccc(NC(=O)c6c[nH]c7cc(-c8nn[nH]n8)ccc67)cc5F)C4)n3)cc21. The predicted octanol–water partition coefficient (Wildman–Crippen LogP) is 7.19. The van der Waals surface area contributed by atoms with E-state index in [0.29, 0.717) is 52.2 Å². The van der Waals surface area contributed by atoms with E-state index in [1.165, 1.54) is 18.2 Å². The maximum absolute atomic E-state index is 15.3. The lowest BCUT2D eigenvalue weighted by molar-refractivity contribution is -0.825. The van der Waals surface area contributed by atoms with Crippen LogP contribution in [-0.4, -0.2) is 69.6 Å². The number of amides is 2. The molecule has 308 valence electrons. The van der Waals surface area contributed by atoms with Gasteiger partial charge in [-0.3, -0.25) is 9.59 Å². The monoisotopic (exact) mass is 825 g/mol. The van der Waals surface area contributed by atoms with Gasteiger partial charge >= 0.3 is 5.82 Å². The molecule has 10 rings (SSSR count). The van der Waals surface area contributed by atoms with Gasteiger partial charge in [0, 0.05) is 76.7 Å². The Balaban J connectivity index is 0.757. The quantitative estimate of drug-likeness (QED) is 0.0839. The standard InChI is InChI=1S/C43H38F2N12O4/c1-56-22-33(43(59)48-26-8-14-38(34(44)19-26)60-28-4-2-3-5-28)31-13-7-24(17-37(31)56)41-51-55-57(52-41)27-10-11-29(20-27)61-39-15-9-25(18-35(39)45)47-42(58)32-21-46-36-16-23(6-12-30(32)36)40-49-53-54-50-40/h6-9,12-19,21-22,27-29H,2-5,10-11,20H2,1H3,(H4,46,47,48,49,50,51,52,53,54,55,58,59)/p+1. The molecule has 2 saturated carbocycles. The van der Waals surface area contributed by atoms with Gasteiger partial charge in [0.05, 0.1) is 27.9 Å². The third-order valence-electron chi connectivity index (χ3n) is 11.5. The highest BCUT2D eigenvalue weighted by Crippen LogP contribution is 2.33. The maximum atomic E-state index is 15.3. The van der Waals surface area contributed by atoms with E-state index >= 15 is 4.39 Å². The minimum Gasteiger partial charge on any atom is -0.487 e. The lowest BCUT2D eigenvalue weighted by Crippen LogP contribution is -2.43. The van der Waals surface area contributed by atoms with Crippen molar-refractivity contribution in [3.05, 3.63) is 108 Å². The van der Waals surface area contributed by atoms with E-state index in [4.69, 9.17) is 14.6 Å². The van der Waals surface area contributed by atoms with Crippen molar-refractivity contribution in [3.8, 4) is 34.3 Å². The molecule has 2 atom stereocenters. The number of carbonyl (C=O) groups is 2. The van der Waals surface area contributed by atoms with Gasteiger partial charge in [-0.1, -0.05) is 23.0 Å². The number of aromatic nitrogens is 10. The molecular formula is C43H39F2N12O4+. The second kappa shape index (κ2) is 15.6. The van der Waals surface area contributed by atoms with Crippen molar-refractivity contribution in [2.75, 3.05) is 10.6 Å². The van der Waals surface area contributed by atoms with Crippen LogP contribution in [0.3, 0.4) is 0 Å². The topological polar surface area (TPSA) is 197 Å². The Kier molecular flexibility index (Phi) is 9.65. The molecule has 0 radical (unpaired) electrons. The molecule has 0 spiro atoms. The van der Waals surface area contributed by atoms with Crippen LogP contribution in [0, 0.1) is 11.6 Å². The number of aryl methyl sites for hydroxylation is 1. The molecule has 5 N–H and O–H groups in total. The van der Waals surface area contributed by atoms with E-state index in [0.717, 1.165) is 54.1 Å². The van der Waals surface area contributed by atoms with Crippen molar-refractivity contribution in [3.63, 3.8) is 0 Å². The van der Waals surface area contributed by atoms with Crippen LogP contribution in [0.5, 0.6) is 11.5 Å². The Morgan fingerprint density at radius 2 is 1.46 bits per heavy atom. The van der Waals surface area contributed by atoms with Gasteiger partial charge < -0.3 is 29.7 Å². The van der Waals surface area contributed by atoms with Gasteiger partial charge in [-0.15, -0.1) is 10.2 Å². The van der Waals surface area contributed by atoms with Gasteiger partial charge in [-0.05, 0) is 96.5 Å². The largest absolute Gasteiger partial charge is 0.487 e. The number of aromatic amines is 3. The average molecular weight is 826 g/mol. The van der Waals surface area contributed by atoms with Crippen LogP contribution in [0.25, 0.3) is 44.6 Å². The van der Waals surface area contributed by atoms with Gasteiger partial charge in [-0.25, -0.2) is 8.78 Å². The summed E-state index contributed by atoms with van der Waals surface area (Å²) in [4.78, 5) is 31.4. The zero-order valence-electron chi connectivity index (χ0n) is 32.8. The highest BCUT2D eigenvalue weighted by atomic mass is 19.1. The van der Waals surface area contributed by atoms with Crippen LogP contribution in [0.4, 0.5) is 20.2 Å². The predicted molar refractivity (Wildman–Crippen MR) is 219 cm³/mol. The smallest absolute Gasteiger partial charge is 0.338 e. The molecule has 4 aromatic heterocycles. The molecule has 61 heavy (non-hydrogen) atoms. The first kappa shape index (κ1) is 37.7. The molecule has 2 amide bonds. The fraction of sp³-hybridized carbons (Fsp3) is 0.256. The number of carbonyl (C=O) groups excluding carboxylic acids is 2. The average Bonchev–Trinajstić information content (AvgIpc) is 4.12. The fourth-order valence-corrected chi connectivity index (χ4v) is 8.33. The molecule has 18 heteroatoms. The summed E-state index contributed by atoms with van der Waals surface area (Å²) in [5, 5.41) is 33.2. The van der Waals surface area contributed by atoms with E-state index in [9.17, 15) is 14.0 Å². The third kappa shape index (κ3) is 7.51. The number of tetrazole rings is 2. The molecule has 0 bridgehead atoms. The van der Waals surface area contributed by atoms with Crippen LogP contribution in [-0.2, 0) is 7.05 Å². The highest BCUT2D eigenvalue weighted by molar-refractivity contribution is 6.14. The number of ether oxygens (including phenoxy) is 2. The second-order valence-electron chi connectivity index (χ2n) is 15.5. The Morgan fingerprint density at radius 1 is 0.770 bits per heavy atom. The number of anilines is 2. The van der Waals surface area contributed by atoms with Crippen molar-refractivity contribution >= 4 is 45.0 Å². The minimum absolute atomic E-state index is 0.0286. The molecule has 4 heterocycles. The number of hydrogen-bond acceptors (Lipinski definition) is 9. The lowest BCUT2D eigenvalue weighted by Gasteiger charge is -2.14.